The standard InChI is InChI=1S/C19H23NO/c1-2-13-21-19-10-6-5-9-18(19)20-14-16-7-3-4-8-17(16)15-11-12-15/h3-10,15,20H,2,11-14H2,1H3. The summed E-state index contributed by atoms with van der Waals surface area (Å²) in [6.07, 6.45) is 3.71. The van der Waals surface area contributed by atoms with Crippen molar-refractivity contribution in [3.8, 4) is 5.75 Å². The van der Waals surface area contributed by atoms with Crippen LogP contribution in [0.25, 0.3) is 0 Å². The minimum atomic E-state index is 0.761. The molecule has 0 atom stereocenters. The van der Waals surface area contributed by atoms with Crippen molar-refractivity contribution in [3.05, 3.63) is 59.7 Å². The molecule has 2 heteroatoms. The van der Waals surface area contributed by atoms with E-state index in [1.165, 1.54) is 24.0 Å². The molecule has 0 aliphatic heterocycles. The minimum absolute atomic E-state index is 0.761. The fourth-order valence-electron chi connectivity index (χ4n) is 2.63. The molecule has 0 bridgehead atoms. The monoisotopic (exact) mass is 281 g/mol. The second-order valence-electron chi connectivity index (χ2n) is 5.67. The first kappa shape index (κ1) is 14.0. The summed E-state index contributed by atoms with van der Waals surface area (Å²) in [6.45, 7) is 3.75. The maximum Gasteiger partial charge on any atom is 0.142 e. The molecule has 1 N–H and O–H groups in total. The molecule has 0 spiro atoms. The average molecular weight is 281 g/mol. The Bertz CT molecular complexity index is 590. The predicted molar refractivity (Wildman–Crippen MR) is 88.0 cm³/mol. The van der Waals surface area contributed by atoms with Crippen LogP contribution in [0.2, 0.25) is 0 Å². The summed E-state index contributed by atoms with van der Waals surface area (Å²) >= 11 is 0. The van der Waals surface area contributed by atoms with E-state index < -0.39 is 0 Å². The molecule has 1 aliphatic carbocycles. The molecule has 1 aliphatic rings. The van der Waals surface area contributed by atoms with Crippen LogP contribution in [0, 0.1) is 0 Å². The van der Waals surface area contributed by atoms with Crippen molar-refractivity contribution in [1.29, 1.82) is 0 Å². The van der Waals surface area contributed by atoms with Gasteiger partial charge in [0.25, 0.3) is 0 Å². The van der Waals surface area contributed by atoms with Gasteiger partial charge in [-0.05, 0) is 48.4 Å². The maximum absolute atomic E-state index is 5.80. The Morgan fingerprint density at radius 1 is 1.05 bits per heavy atom. The molecule has 0 unspecified atom stereocenters. The van der Waals surface area contributed by atoms with Gasteiger partial charge in [-0.15, -0.1) is 0 Å². The van der Waals surface area contributed by atoms with Crippen molar-refractivity contribution in [2.75, 3.05) is 11.9 Å². The van der Waals surface area contributed by atoms with E-state index >= 15 is 0 Å². The van der Waals surface area contributed by atoms with Crippen molar-refractivity contribution in [1.82, 2.24) is 0 Å². The number of benzene rings is 2. The maximum atomic E-state index is 5.80. The second kappa shape index (κ2) is 6.66. The van der Waals surface area contributed by atoms with Gasteiger partial charge in [-0.2, -0.15) is 0 Å². The summed E-state index contributed by atoms with van der Waals surface area (Å²) in [4.78, 5) is 0. The van der Waals surface area contributed by atoms with Crippen molar-refractivity contribution in [3.63, 3.8) is 0 Å². The van der Waals surface area contributed by atoms with Gasteiger partial charge in [0.1, 0.15) is 5.75 Å². The van der Waals surface area contributed by atoms with Crippen LogP contribution in [0.4, 0.5) is 5.69 Å². The molecule has 3 rings (SSSR count). The predicted octanol–water partition coefficient (Wildman–Crippen LogP) is 4.96. The van der Waals surface area contributed by atoms with Crippen LogP contribution in [-0.4, -0.2) is 6.61 Å². The van der Waals surface area contributed by atoms with Gasteiger partial charge >= 0.3 is 0 Å². The molecule has 0 amide bonds. The Kier molecular flexibility index (Phi) is 4.44. The van der Waals surface area contributed by atoms with E-state index in [0.29, 0.717) is 0 Å². The van der Waals surface area contributed by atoms with Gasteiger partial charge in [0.2, 0.25) is 0 Å². The Labute approximate surface area is 127 Å². The van der Waals surface area contributed by atoms with Gasteiger partial charge in [-0.1, -0.05) is 43.3 Å². The summed E-state index contributed by atoms with van der Waals surface area (Å²) in [5.41, 5.74) is 4.00. The first-order valence-electron chi connectivity index (χ1n) is 7.92. The first-order valence-corrected chi connectivity index (χ1v) is 7.92. The van der Waals surface area contributed by atoms with Crippen LogP contribution in [0.15, 0.2) is 48.5 Å². The smallest absolute Gasteiger partial charge is 0.142 e. The molecule has 0 radical (unpaired) electrons. The zero-order valence-electron chi connectivity index (χ0n) is 12.6. The van der Waals surface area contributed by atoms with E-state index in [-0.39, 0.29) is 0 Å². The van der Waals surface area contributed by atoms with E-state index in [4.69, 9.17) is 4.74 Å². The Balaban J connectivity index is 1.70. The van der Waals surface area contributed by atoms with Crippen molar-refractivity contribution in [2.45, 2.75) is 38.6 Å². The van der Waals surface area contributed by atoms with Crippen molar-refractivity contribution >= 4 is 5.69 Å². The van der Waals surface area contributed by atoms with E-state index in [2.05, 4.69) is 42.6 Å². The number of hydrogen-bond acceptors (Lipinski definition) is 2. The van der Waals surface area contributed by atoms with E-state index in [9.17, 15) is 0 Å². The summed E-state index contributed by atoms with van der Waals surface area (Å²) in [7, 11) is 0. The van der Waals surface area contributed by atoms with Gasteiger partial charge in [-0.3, -0.25) is 0 Å². The molecule has 2 nitrogen and oxygen atoms in total. The first-order chi connectivity index (χ1) is 10.4. The highest BCUT2D eigenvalue weighted by molar-refractivity contribution is 5.56. The minimum Gasteiger partial charge on any atom is -0.491 e. The molecule has 0 heterocycles. The lowest BCUT2D eigenvalue weighted by Crippen LogP contribution is -2.05. The molecule has 1 saturated carbocycles. The highest BCUT2D eigenvalue weighted by Gasteiger charge is 2.25. The van der Waals surface area contributed by atoms with Crippen LogP contribution < -0.4 is 10.1 Å². The number of anilines is 1. The molecule has 2 aromatic rings. The van der Waals surface area contributed by atoms with Crippen LogP contribution in [0.1, 0.15) is 43.2 Å². The largest absolute Gasteiger partial charge is 0.491 e. The quantitative estimate of drug-likeness (QED) is 0.774. The topological polar surface area (TPSA) is 21.3 Å². The Morgan fingerprint density at radius 2 is 1.81 bits per heavy atom. The summed E-state index contributed by atoms with van der Waals surface area (Å²) in [6, 6.07) is 17.0. The van der Waals surface area contributed by atoms with Gasteiger partial charge in [0.05, 0.1) is 12.3 Å². The number of para-hydroxylation sites is 2. The van der Waals surface area contributed by atoms with Crippen LogP contribution in [-0.2, 0) is 6.54 Å². The lowest BCUT2D eigenvalue weighted by molar-refractivity contribution is 0.319. The molecule has 21 heavy (non-hydrogen) atoms. The molecule has 110 valence electrons. The zero-order chi connectivity index (χ0) is 14.5. The third-order valence-corrected chi connectivity index (χ3v) is 3.89. The highest BCUT2D eigenvalue weighted by Crippen LogP contribution is 2.41. The lowest BCUT2D eigenvalue weighted by atomic mass is 10.0. The molecule has 0 aromatic heterocycles. The SMILES string of the molecule is CCCOc1ccccc1NCc1ccccc1C1CC1. The molecular weight excluding hydrogens is 258 g/mol. The van der Waals surface area contributed by atoms with Crippen LogP contribution >= 0.6 is 0 Å². The van der Waals surface area contributed by atoms with E-state index in [1.54, 1.807) is 0 Å². The van der Waals surface area contributed by atoms with Gasteiger partial charge in [0, 0.05) is 6.54 Å². The normalized spacial score (nSPS) is 14.0. The van der Waals surface area contributed by atoms with Crippen molar-refractivity contribution < 1.29 is 4.74 Å². The van der Waals surface area contributed by atoms with E-state index in [0.717, 1.165) is 36.9 Å². The number of nitrogens with one attached hydrogen (secondary N) is 1. The zero-order valence-corrected chi connectivity index (χ0v) is 12.6. The molecule has 2 aromatic carbocycles. The molecule has 1 fully saturated rings. The Hall–Kier alpha value is -1.96. The summed E-state index contributed by atoms with van der Waals surface area (Å²) in [5, 5.41) is 3.54. The Morgan fingerprint density at radius 3 is 2.62 bits per heavy atom. The fourth-order valence-corrected chi connectivity index (χ4v) is 2.63. The molecular formula is C19H23NO. The number of ether oxygens (including phenoxy) is 1. The second-order valence-corrected chi connectivity index (χ2v) is 5.67. The highest BCUT2D eigenvalue weighted by atomic mass is 16.5. The van der Waals surface area contributed by atoms with Gasteiger partial charge in [0.15, 0.2) is 0 Å². The third kappa shape index (κ3) is 3.57. The van der Waals surface area contributed by atoms with E-state index in [1.807, 2.05) is 18.2 Å². The van der Waals surface area contributed by atoms with Crippen LogP contribution in [0.3, 0.4) is 0 Å². The number of hydrogen-bond donors (Lipinski definition) is 1. The molecule has 0 saturated heterocycles. The third-order valence-electron chi connectivity index (χ3n) is 3.89. The van der Waals surface area contributed by atoms with Crippen LogP contribution in [0.5, 0.6) is 5.75 Å². The van der Waals surface area contributed by atoms with Gasteiger partial charge in [-0.25, -0.2) is 0 Å². The lowest BCUT2D eigenvalue weighted by Gasteiger charge is -2.14. The average Bonchev–Trinajstić information content (AvgIpc) is 3.37. The van der Waals surface area contributed by atoms with Crippen molar-refractivity contribution in [2.24, 2.45) is 0 Å². The summed E-state index contributed by atoms with van der Waals surface area (Å²) in [5.74, 6) is 1.73. The van der Waals surface area contributed by atoms with Gasteiger partial charge < -0.3 is 10.1 Å². The summed E-state index contributed by atoms with van der Waals surface area (Å²) < 4.78 is 5.80. The fraction of sp³-hybridized carbons (Fsp3) is 0.368. The number of rotatable bonds is 7.